The molecule has 3 nitrogen and oxygen atoms in total. The van der Waals surface area contributed by atoms with E-state index in [4.69, 9.17) is 0 Å². The van der Waals surface area contributed by atoms with Crippen molar-refractivity contribution in [2.24, 2.45) is 0 Å². The number of hydrogen-bond acceptors (Lipinski definition) is 2. The predicted octanol–water partition coefficient (Wildman–Crippen LogP) is 3.16. The van der Waals surface area contributed by atoms with Gasteiger partial charge >= 0.3 is 29.9 Å². The van der Waals surface area contributed by atoms with Gasteiger partial charge in [-0.05, 0) is 27.1 Å². The summed E-state index contributed by atoms with van der Waals surface area (Å²) in [7, 11) is 3.01. The van der Waals surface area contributed by atoms with Crippen molar-refractivity contribution < 1.29 is 53.1 Å². The molecule has 0 aliphatic rings. The van der Waals surface area contributed by atoms with Crippen LogP contribution < -0.4 is 5.32 Å². The maximum atomic E-state index is 13.2. The summed E-state index contributed by atoms with van der Waals surface area (Å²) in [6.07, 6.45) is -7.37. The zero-order valence-electron chi connectivity index (χ0n) is 12.6. The summed E-state index contributed by atoms with van der Waals surface area (Å²) in [5.74, 6) is -32.0. The lowest BCUT2D eigenvalue weighted by Crippen LogP contribution is -2.69. The first kappa shape index (κ1) is 23.7. The van der Waals surface area contributed by atoms with Crippen molar-refractivity contribution in [1.82, 2.24) is 10.2 Å². The van der Waals surface area contributed by atoms with E-state index >= 15 is 0 Å². The monoisotopic (exact) mass is 398 g/mol. The maximum Gasteiger partial charge on any atom is 0.460 e. The lowest BCUT2D eigenvalue weighted by Gasteiger charge is -2.36. The van der Waals surface area contributed by atoms with E-state index in [1.54, 1.807) is 0 Å². The second kappa shape index (κ2) is 7.11. The minimum absolute atomic E-state index is 0.116. The number of alkyl halides is 11. The van der Waals surface area contributed by atoms with Crippen LogP contribution in [-0.4, -0.2) is 67.9 Å². The number of nitrogens with zero attached hydrogens (tertiary/aromatic N) is 1. The Bertz CT molecular complexity index is 473. The summed E-state index contributed by atoms with van der Waals surface area (Å²) in [4.78, 5) is 12.4. The average Bonchev–Trinajstić information content (AvgIpc) is 2.40. The quantitative estimate of drug-likeness (QED) is 0.503. The van der Waals surface area contributed by atoms with Gasteiger partial charge in [0.2, 0.25) is 0 Å². The van der Waals surface area contributed by atoms with Crippen LogP contribution in [0.2, 0.25) is 0 Å². The Labute approximate surface area is 134 Å². The number of hydrogen-bond donors (Lipinski definition) is 1. The molecule has 0 aromatic heterocycles. The average molecular weight is 398 g/mol. The van der Waals surface area contributed by atoms with Crippen molar-refractivity contribution >= 4 is 5.91 Å². The fraction of sp³-hybridized carbons (Fsp3) is 0.909. The summed E-state index contributed by atoms with van der Waals surface area (Å²) in [5, 5.41) is 1.09. The van der Waals surface area contributed by atoms with E-state index in [2.05, 4.69) is 0 Å². The molecule has 0 aliphatic carbocycles. The summed E-state index contributed by atoms with van der Waals surface area (Å²) < 4.78 is 139. The molecule has 0 unspecified atom stereocenters. The molecule has 0 rings (SSSR count). The van der Waals surface area contributed by atoms with Crippen LogP contribution in [-0.2, 0) is 4.79 Å². The molecule has 0 radical (unpaired) electrons. The Morgan fingerprint density at radius 1 is 0.800 bits per heavy atom. The largest absolute Gasteiger partial charge is 0.460 e. The number of carbonyl (C=O) groups excluding carboxylic acids is 1. The van der Waals surface area contributed by atoms with Gasteiger partial charge in [-0.3, -0.25) is 4.79 Å². The number of halogens is 11. The predicted molar refractivity (Wildman–Crippen MR) is 62.0 cm³/mol. The van der Waals surface area contributed by atoms with Gasteiger partial charge in [-0.2, -0.15) is 48.3 Å². The van der Waals surface area contributed by atoms with Gasteiger partial charge in [-0.15, -0.1) is 0 Å². The van der Waals surface area contributed by atoms with E-state index in [1.807, 2.05) is 0 Å². The topological polar surface area (TPSA) is 32.3 Å². The molecule has 0 fully saturated rings. The van der Waals surface area contributed by atoms with Crippen molar-refractivity contribution in [2.45, 2.75) is 36.3 Å². The van der Waals surface area contributed by atoms with Crippen LogP contribution in [0.25, 0.3) is 0 Å². The highest BCUT2D eigenvalue weighted by Crippen LogP contribution is 2.57. The molecule has 0 aromatic rings. The first-order chi connectivity index (χ1) is 10.8. The third-order valence-corrected chi connectivity index (χ3v) is 2.89. The molecule has 1 N–H and O–H groups in total. The Hall–Kier alpha value is -1.34. The molecule has 150 valence electrons. The minimum atomic E-state index is -7.58. The Morgan fingerprint density at radius 3 is 1.60 bits per heavy atom. The van der Waals surface area contributed by atoms with Crippen LogP contribution in [0.5, 0.6) is 0 Å². The molecule has 14 heteroatoms. The number of amides is 1. The van der Waals surface area contributed by atoms with Crippen molar-refractivity contribution in [3.63, 3.8) is 0 Å². The second-order valence-electron chi connectivity index (χ2n) is 5.21. The van der Waals surface area contributed by atoms with E-state index < -0.39 is 42.3 Å². The zero-order chi connectivity index (χ0) is 20.5. The normalized spacial score (nSPS) is 14.8. The van der Waals surface area contributed by atoms with E-state index in [0.717, 1.165) is 5.32 Å². The van der Waals surface area contributed by atoms with Crippen molar-refractivity contribution in [2.75, 3.05) is 27.2 Å². The molecule has 0 aromatic carbocycles. The van der Waals surface area contributed by atoms with Crippen LogP contribution in [0.3, 0.4) is 0 Å². The Morgan fingerprint density at radius 2 is 1.24 bits per heavy atom. The van der Waals surface area contributed by atoms with Gasteiger partial charge in [-0.1, -0.05) is 0 Å². The third-order valence-electron chi connectivity index (χ3n) is 2.89. The molecular weight excluding hydrogens is 385 g/mol. The van der Waals surface area contributed by atoms with Crippen LogP contribution in [0.15, 0.2) is 0 Å². The molecule has 0 spiro atoms. The number of rotatable bonds is 8. The van der Waals surface area contributed by atoms with E-state index in [0.29, 0.717) is 0 Å². The van der Waals surface area contributed by atoms with Gasteiger partial charge in [0.05, 0.1) is 0 Å². The summed E-state index contributed by atoms with van der Waals surface area (Å²) >= 11 is 0. The van der Waals surface area contributed by atoms with Gasteiger partial charge < -0.3 is 10.2 Å². The molecule has 25 heavy (non-hydrogen) atoms. The van der Waals surface area contributed by atoms with Gasteiger partial charge in [-0.25, -0.2) is 0 Å². The van der Waals surface area contributed by atoms with E-state index in [-0.39, 0.29) is 13.0 Å². The molecular formula is C11H13F11N2O. The van der Waals surface area contributed by atoms with Crippen LogP contribution in [0, 0.1) is 0 Å². The highest BCUT2D eigenvalue weighted by Gasteiger charge is 2.88. The van der Waals surface area contributed by atoms with Crippen LogP contribution >= 0.6 is 0 Å². The lowest BCUT2D eigenvalue weighted by molar-refractivity contribution is -0.417. The molecule has 0 saturated carbocycles. The van der Waals surface area contributed by atoms with E-state index in [9.17, 15) is 53.1 Å². The molecule has 0 bridgehead atoms. The molecule has 0 atom stereocenters. The second-order valence-corrected chi connectivity index (χ2v) is 5.21. The van der Waals surface area contributed by atoms with Crippen molar-refractivity contribution in [1.29, 1.82) is 0 Å². The molecule has 0 heterocycles. The first-order valence-electron chi connectivity index (χ1n) is 6.35. The van der Waals surface area contributed by atoms with Crippen LogP contribution in [0.1, 0.15) is 6.42 Å². The highest BCUT2D eigenvalue weighted by molar-refractivity contribution is 5.84. The minimum Gasteiger partial charge on any atom is -0.351 e. The van der Waals surface area contributed by atoms with Gasteiger partial charge in [0.15, 0.2) is 0 Å². The zero-order valence-corrected chi connectivity index (χ0v) is 12.6. The lowest BCUT2D eigenvalue weighted by atomic mass is 9.97. The fourth-order valence-corrected chi connectivity index (χ4v) is 1.42. The summed E-state index contributed by atoms with van der Waals surface area (Å²) in [5.41, 5.74) is 0. The summed E-state index contributed by atoms with van der Waals surface area (Å²) in [6.45, 7) is -0.589. The molecule has 1 amide bonds. The first-order valence-corrected chi connectivity index (χ1v) is 6.35. The molecule has 0 saturated heterocycles. The smallest absolute Gasteiger partial charge is 0.351 e. The standard InChI is InChI=1S/C11H13F11N2O/c1-24(2)5-3-4-23-6(25)7(12,13)8(14,15)9(16,17)10(18,19)11(20,21)22/h3-5H2,1-2H3,(H,23,25). The van der Waals surface area contributed by atoms with Crippen molar-refractivity contribution in [3.8, 4) is 0 Å². The van der Waals surface area contributed by atoms with Gasteiger partial charge in [0.1, 0.15) is 0 Å². The summed E-state index contributed by atoms with van der Waals surface area (Å²) in [6, 6.07) is 0. The maximum absolute atomic E-state index is 13.2. The van der Waals surface area contributed by atoms with Gasteiger partial charge in [0, 0.05) is 6.54 Å². The van der Waals surface area contributed by atoms with Gasteiger partial charge in [0.25, 0.3) is 5.91 Å². The highest BCUT2D eigenvalue weighted by atomic mass is 19.4. The third kappa shape index (κ3) is 4.26. The Kier molecular flexibility index (Phi) is 6.73. The van der Waals surface area contributed by atoms with Crippen molar-refractivity contribution in [3.05, 3.63) is 0 Å². The number of nitrogens with one attached hydrogen (secondary N) is 1. The molecule has 0 aliphatic heterocycles. The van der Waals surface area contributed by atoms with Crippen LogP contribution in [0.4, 0.5) is 48.3 Å². The SMILES string of the molecule is CN(C)CCCNC(=O)C(F)(F)C(F)(F)C(F)(F)C(F)(F)C(F)(F)F. The Balaban J connectivity index is 5.48. The fourth-order valence-electron chi connectivity index (χ4n) is 1.42. The van der Waals surface area contributed by atoms with E-state index in [1.165, 1.54) is 19.0 Å². The number of carbonyl (C=O) groups is 1.